The van der Waals surface area contributed by atoms with Gasteiger partial charge in [-0.1, -0.05) is 37.3 Å². The van der Waals surface area contributed by atoms with Crippen LogP contribution < -0.4 is 4.72 Å². The number of hydrogen-bond donors (Lipinski definition) is 1. The lowest BCUT2D eigenvalue weighted by molar-refractivity contribution is 0.577. The minimum atomic E-state index is -3.40. The third kappa shape index (κ3) is 3.89. The summed E-state index contributed by atoms with van der Waals surface area (Å²) in [6.07, 6.45) is 0. The highest BCUT2D eigenvalue weighted by Crippen LogP contribution is 2.26. The van der Waals surface area contributed by atoms with E-state index < -0.39 is 10.0 Å². The van der Waals surface area contributed by atoms with Gasteiger partial charge in [-0.15, -0.1) is 11.3 Å². The molecule has 0 aliphatic carbocycles. The number of halogens is 1. The van der Waals surface area contributed by atoms with Crippen molar-refractivity contribution in [3.05, 3.63) is 51.8 Å². The SMILES string of the molecule is CC(CNS(=O)(=O)c1ccc(Br)s1)c1ccccc1. The average Bonchev–Trinajstić information content (AvgIpc) is 2.85. The Morgan fingerprint density at radius 1 is 1.21 bits per heavy atom. The molecule has 0 aliphatic rings. The summed E-state index contributed by atoms with van der Waals surface area (Å²) < 4.78 is 27.9. The molecule has 0 bridgehead atoms. The van der Waals surface area contributed by atoms with Crippen molar-refractivity contribution in [2.24, 2.45) is 0 Å². The standard InChI is InChI=1S/C13H14BrNO2S2/c1-10(11-5-3-2-4-6-11)9-15-19(16,17)13-8-7-12(14)18-13/h2-8,10,15H,9H2,1H3. The Morgan fingerprint density at radius 2 is 1.89 bits per heavy atom. The highest BCUT2D eigenvalue weighted by atomic mass is 79.9. The molecule has 0 aliphatic heterocycles. The zero-order valence-corrected chi connectivity index (χ0v) is 13.6. The van der Waals surface area contributed by atoms with Gasteiger partial charge in [0.05, 0.1) is 3.79 Å². The van der Waals surface area contributed by atoms with Crippen LogP contribution in [-0.2, 0) is 10.0 Å². The van der Waals surface area contributed by atoms with Crippen LogP contribution in [0.25, 0.3) is 0 Å². The molecular formula is C13H14BrNO2S2. The number of thiophene rings is 1. The average molecular weight is 360 g/mol. The zero-order valence-electron chi connectivity index (χ0n) is 10.3. The van der Waals surface area contributed by atoms with E-state index in [1.54, 1.807) is 12.1 Å². The van der Waals surface area contributed by atoms with Crippen molar-refractivity contribution in [1.82, 2.24) is 4.72 Å². The Balaban J connectivity index is 2.03. The van der Waals surface area contributed by atoms with Crippen molar-refractivity contribution in [1.29, 1.82) is 0 Å². The Labute approximate surface area is 125 Å². The first kappa shape index (κ1) is 14.7. The van der Waals surface area contributed by atoms with Crippen molar-refractivity contribution in [3.8, 4) is 0 Å². The van der Waals surface area contributed by atoms with Crippen LogP contribution in [0, 0.1) is 0 Å². The van der Waals surface area contributed by atoms with Gasteiger partial charge in [0.1, 0.15) is 4.21 Å². The normalized spacial score (nSPS) is 13.4. The molecule has 0 saturated heterocycles. The van der Waals surface area contributed by atoms with Crippen molar-refractivity contribution < 1.29 is 8.42 Å². The lowest BCUT2D eigenvalue weighted by Crippen LogP contribution is -2.27. The molecule has 1 aromatic heterocycles. The maximum atomic E-state index is 12.1. The second kappa shape index (κ2) is 6.17. The molecule has 1 aromatic carbocycles. The minimum Gasteiger partial charge on any atom is -0.210 e. The molecule has 102 valence electrons. The Bertz CT molecular complexity index is 638. The summed E-state index contributed by atoms with van der Waals surface area (Å²) in [6, 6.07) is 13.2. The molecule has 19 heavy (non-hydrogen) atoms. The second-order valence-electron chi connectivity index (χ2n) is 4.22. The quantitative estimate of drug-likeness (QED) is 0.886. The fourth-order valence-electron chi connectivity index (χ4n) is 1.65. The molecule has 0 saturated carbocycles. The van der Waals surface area contributed by atoms with Gasteiger partial charge in [-0.3, -0.25) is 0 Å². The predicted octanol–water partition coefficient (Wildman–Crippen LogP) is 3.59. The molecule has 1 unspecified atom stereocenters. The molecule has 2 rings (SSSR count). The van der Waals surface area contributed by atoms with E-state index in [2.05, 4.69) is 20.7 Å². The molecule has 1 heterocycles. The third-order valence-electron chi connectivity index (χ3n) is 2.76. The minimum absolute atomic E-state index is 0.138. The van der Waals surface area contributed by atoms with E-state index in [1.807, 2.05) is 37.3 Å². The summed E-state index contributed by atoms with van der Waals surface area (Å²) in [7, 11) is -3.40. The van der Waals surface area contributed by atoms with E-state index in [-0.39, 0.29) is 5.92 Å². The highest BCUT2D eigenvalue weighted by Gasteiger charge is 2.17. The molecule has 6 heteroatoms. The number of sulfonamides is 1. The lowest BCUT2D eigenvalue weighted by Gasteiger charge is -2.12. The van der Waals surface area contributed by atoms with E-state index in [4.69, 9.17) is 0 Å². The summed E-state index contributed by atoms with van der Waals surface area (Å²) in [5, 5.41) is 0. The van der Waals surface area contributed by atoms with Crippen LogP contribution in [0.4, 0.5) is 0 Å². The number of rotatable bonds is 5. The molecule has 0 amide bonds. The molecule has 2 aromatic rings. The monoisotopic (exact) mass is 359 g/mol. The largest absolute Gasteiger partial charge is 0.250 e. The maximum Gasteiger partial charge on any atom is 0.250 e. The smallest absolute Gasteiger partial charge is 0.210 e. The molecule has 1 N–H and O–H groups in total. The lowest BCUT2D eigenvalue weighted by atomic mass is 10.0. The van der Waals surface area contributed by atoms with Gasteiger partial charge in [-0.2, -0.15) is 0 Å². The maximum absolute atomic E-state index is 12.1. The first-order chi connectivity index (χ1) is 8.99. The van der Waals surface area contributed by atoms with Gasteiger partial charge in [-0.05, 0) is 39.5 Å². The van der Waals surface area contributed by atoms with Crippen molar-refractivity contribution in [2.45, 2.75) is 17.1 Å². The van der Waals surface area contributed by atoms with E-state index >= 15 is 0 Å². The molecule has 1 atom stereocenters. The zero-order chi connectivity index (χ0) is 13.9. The van der Waals surface area contributed by atoms with Crippen molar-refractivity contribution >= 4 is 37.3 Å². The first-order valence-electron chi connectivity index (χ1n) is 5.79. The van der Waals surface area contributed by atoms with Crippen LogP contribution >= 0.6 is 27.3 Å². The summed E-state index contributed by atoms with van der Waals surface area (Å²) in [4.78, 5) is 0. The Kier molecular flexibility index (Phi) is 4.78. The summed E-state index contributed by atoms with van der Waals surface area (Å²) >= 11 is 4.48. The molecular weight excluding hydrogens is 346 g/mol. The first-order valence-corrected chi connectivity index (χ1v) is 8.88. The number of hydrogen-bond acceptors (Lipinski definition) is 3. The van der Waals surface area contributed by atoms with Gasteiger partial charge < -0.3 is 0 Å². The van der Waals surface area contributed by atoms with Crippen molar-refractivity contribution in [3.63, 3.8) is 0 Å². The van der Waals surface area contributed by atoms with Crippen LogP contribution in [0.2, 0.25) is 0 Å². The summed E-state index contributed by atoms with van der Waals surface area (Å²) in [5.41, 5.74) is 1.12. The van der Waals surface area contributed by atoms with Crippen LogP contribution in [0.3, 0.4) is 0 Å². The summed E-state index contributed by atoms with van der Waals surface area (Å²) in [5.74, 6) is 0.138. The molecule has 3 nitrogen and oxygen atoms in total. The van der Waals surface area contributed by atoms with Gasteiger partial charge in [0.25, 0.3) is 0 Å². The van der Waals surface area contributed by atoms with Gasteiger partial charge in [-0.25, -0.2) is 13.1 Å². The Morgan fingerprint density at radius 3 is 2.47 bits per heavy atom. The molecule has 0 fully saturated rings. The van der Waals surface area contributed by atoms with Gasteiger partial charge in [0, 0.05) is 6.54 Å². The van der Waals surface area contributed by atoms with Crippen molar-refractivity contribution in [2.75, 3.05) is 6.54 Å². The van der Waals surface area contributed by atoms with E-state index in [9.17, 15) is 8.42 Å². The summed E-state index contributed by atoms with van der Waals surface area (Å²) in [6.45, 7) is 2.39. The molecule has 0 radical (unpaired) electrons. The van der Waals surface area contributed by atoms with E-state index in [0.717, 1.165) is 9.35 Å². The van der Waals surface area contributed by atoms with Gasteiger partial charge >= 0.3 is 0 Å². The fraction of sp³-hybridized carbons (Fsp3) is 0.231. The molecule has 0 spiro atoms. The van der Waals surface area contributed by atoms with E-state index in [0.29, 0.717) is 10.8 Å². The number of benzene rings is 1. The highest BCUT2D eigenvalue weighted by molar-refractivity contribution is 9.11. The Hall–Kier alpha value is -0.690. The van der Waals surface area contributed by atoms with Crippen LogP contribution in [-0.4, -0.2) is 15.0 Å². The van der Waals surface area contributed by atoms with Gasteiger partial charge in [0.2, 0.25) is 10.0 Å². The topological polar surface area (TPSA) is 46.2 Å². The predicted molar refractivity (Wildman–Crippen MR) is 82.1 cm³/mol. The van der Waals surface area contributed by atoms with E-state index in [1.165, 1.54) is 11.3 Å². The second-order valence-corrected chi connectivity index (χ2v) is 8.68. The fourth-order valence-corrected chi connectivity index (χ4v) is 4.83. The number of nitrogens with one attached hydrogen (secondary N) is 1. The van der Waals surface area contributed by atoms with Crippen LogP contribution in [0.1, 0.15) is 18.4 Å². The third-order valence-corrected chi connectivity index (χ3v) is 6.30. The van der Waals surface area contributed by atoms with Crippen LogP contribution in [0.5, 0.6) is 0 Å². The van der Waals surface area contributed by atoms with Gasteiger partial charge in [0.15, 0.2) is 0 Å². The van der Waals surface area contributed by atoms with Crippen LogP contribution in [0.15, 0.2) is 50.5 Å².